The molecule has 1 aromatic carbocycles. The highest BCUT2D eigenvalue weighted by molar-refractivity contribution is 5.80. The molecule has 0 bridgehead atoms. The Morgan fingerprint density at radius 3 is 2.71 bits per heavy atom. The van der Waals surface area contributed by atoms with Crippen molar-refractivity contribution in [2.24, 2.45) is 0 Å². The second-order valence-corrected chi connectivity index (χ2v) is 5.83. The number of rotatable bonds is 2. The fourth-order valence-electron chi connectivity index (χ4n) is 3.17. The number of benzene rings is 1. The van der Waals surface area contributed by atoms with Gasteiger partial charge in [-0.05, 0) is 24.5 Å². The zero-order valence-electron chi connectivity index (χ0n) is 12.3. The van der Waals surface area contributed by atoms with Gasteiger partial charge in [0, 0.05) is 18.7 Å². The number of carbonyl (C=O) groups excluding carboxylic acids is 1. The van der Waals surface area contributed by atoms with Crippen LogP contribution in [0, 0.1) is 0 Å². The van der Waals surface area contributed by atoms with E-state index in [1.807, 2.05) is 24.3 Å². The number of aliphatic hydroxyl groups excluding tert-OH is 1. The monoisotopic (exact) mass is 287 g/mol. The lowest BCUT2D eigenvalue weighted by atomic mass is 9.95. The summed E-state index contributed by atoms with van der Waals surface area (Å²) in [4.78, 5) is 14.0. The maximum Gasteiger partial charge on any atom is 0.415 e. The summed E-state index contributed by atoms with van der Waals surface area (Å²) in [6, 6.07) is 7.74. The van der Waals surface area contributed by atoms with Crippen molar-refractivity contribution < 1.29 is 14.6 Å². The lowest BCUT2D eigenvalue weighted by molar-refractivity contribution is 0.125. The molecule has 0 heterocycles. The second-order valence-electron chi connectivity index (χ2n) is 5.83. The van der Waals surface area contributed by atoms with Crippen LogP contribution in [0.2, 0.25) is 0 Å². The van der Waals surface area contributed by atoms with Gasteiger partial charge in [0.2, 0.25) is 0 Å². The van der Waals surface area contributed by atoms with Crippen LogP contribution < -0.4 is 0 Å². The Hall–Kier alpha value is -1.81. The number of hydrogen-bond donors (Lipinski definition) is 1. The third-order valence-corrected chi connectivity index (χ3v) is 4.46. The van der Waals surface area contributed by atoms with Crippen LogP contribution in [0.4, 0.5) is 4.79 Å². The Morgan fingerprint density at radius 2 is 1.95 bits per heavy atom. The third kappa shape index (κ3) is 2.81. The highest BCUT2D eigenvalue weighted by Crippen LogP contribution is 2.35. The van der Waals surface area contributed by atoms with Crippen LogP contribution in [0.15, 0.2) is 30.3 Å². The van der Waals surface area contributed by atoms with Crippen LogP contribution in [-0.4, -0.2) is 29.2 Å². The summed E-state index contributed by atoms with van der Waals surface area (Å²) in [5.41, 5.74) is 1.59. The van der Waals surface area contributed by atoms with E-state index in [2.05, 4.69) is 0 Å². The molecule has 1 aromatic rings. The zero-order valence-corrected chi connectivity index (χ0v) is 12.3. The summed E-state index contributed by atoms with van der Waals surface area (Å²) in [5, 5.41) is 9.97. The molecule has 1 atom stereocenters. The topological polar surface area (TPSA) is 49.8 Å². The van der Waals surface area contributed by atoms with E-state index in [1.165, 1.54) is 19.3 Å². The average molecular weight is 287 g/mol. The predicted octanol–water partition coefficient (Wildman–Crippen LogP) is 3.48. The Labute approximate surface area is 125 Å². The number of hydrogen-bond acceptors (Lipinski definition) is 3. The van der Waals surface area contributed by atoms with E-state index in [0.717, 1.165) is 24.0 Å². The molecule has 1 amide bonds. The van der Waals surface area contributed by atoms with Gasteiger partial charge in [-0.3, -0.25) is 0 Å². The second kappa shape index (κ2) is 5.90. The maximum absolute atomic E-state index is 12.3. The number of ether oxygens (including phenoxy) is 1. The van der Waals surface area contributed by atoms with Crippen LogP contribution >= 0.6 is 0 Å². The van der Waals surface area contributed by atoms with Gasteiger partial charge in [-0.25, -0.2) is 4.79 Å². The minimum Gasteiger partial charge on any atom is -0.410 e. The molecular weight excluding hydrogens is 266 g/mol. The van der Waals surface area contributed by atoms with Gasteiger partial charge < -0.3 is 14.7 Å². The lowest BCUT2D eigenvalue weighted by Gasteiger charge is -2.30. The van der Waals surface area contributed by atoms with E-state index in [9.17, 15) is 9.90 Å². The fraction of sp³-hybridized carbons (Fsp3) is 0.471. The van der Waals surface area contributed by atoms with Crippen molar-refractivity contribution in [2.75, 3.05) is 7.05 Å². The smallest absolute Gasteiger partial charge is 0.410 e. The molecule has 4 heteroatoms. The number of nitrogens with zero attached hydrogens (tertiary/aromatic N) is 1. The molecule has 0 aromatic heterocycles. The largest absolute Gasteiger partial charge is 0.415 e. The molecule has 21 heavy (non-hydrogen) atoms. The molecule has 0 spiro atoms. The molecule has 2 aliphatic rings. The molecule has 2 aliphatic carbocycles. The van der Waals surface area contributed by atoms with Crippen LogP contribution in [-0.2, 0) is 4.74 Å². The summed E-state index contributed by atoms with van der Waals surface area (Å²) in [5.74, 6) is 0.464. The van der Waals surface area contributed by atoms with Gasteiger partial charge in [-0.15, -0.1) is 0 Å². The van der Waals surface area contributed by atoms with Crippen molar-refractivity contribution in [2.45, 2.75) is 44.2 Å². The Kier molecular flexibility index (Phi) is 3.97. The first kappa shape index (κ1) is 14.1. The molecule has 3 rings (SSSR count). The number of carbonyl (C=O) groups is 1. The van der Waals surface area contributed by atoms with Crippen molar-refractivity contribution >= 4 is 11.9 Å². The molecule has 1 fully saturated rings. The SMILES string of the molecule is CN(C(=O)OC1=CC(O)c2ccccc21)C1CCCCC1. The van der Waals surface area contributed by atoms with E-state index in [1.54, 1.807) is 18.0 Å². The normalized spacial score (nSPS) is 21.6. The van der Waals surface area contributed by atoms with Crippen molar-refractivity contribution in [3.63, 3.8) is 0 Å². The Bertz CT molecular complexity index is 561. The maximum atomic E-state index is 12.3. The zero-order chi connectivity index (χ0) is 14.8. The van der Waals surface area contributed by atoms with E-state index in [4.69, 9.17) is 4.74 Å². The van der Waals surface area contributed by atoms with Gasteiger partial charge in [0.05, 0.1) is 0 Å². The molecular formula is C17H21NO3. The van der Waals surface area contributed by atoms with Crippen LogP contribution in [0.3, 0.4) is 0 Å². The summed E-state index contributed by atoms with van der Waals surface area (Å²) in [7, 11) is 1.80. The van der Waals surface area contributed by atoms with Gasteiger partial charge in [0.25, 0.3) is 0 Å². The molecule has 4 nitrogen and oxygen atoms in total. The third-order valence-electron chi connectivity index (χ3n) is 4.46. The average Bonchev–Trinajstić information content (AvgIpc) is 2.84. The van der Waals surface area contributed by atoms with E-state index in [-0.39, 0.29) is 12.1 Å². The number of aliphatic hydroxyl groups is 1. The highest BCUT2D eigenvalue weighted by atomic mass is 16.6. The van der Waals surface area contributed by atoms with E-state index >= 15 is 0 Å². The van der Waals surface area contributed by atoms with Crippen molar-refractivity contribution in [1.29, 1.82) is 0 Å². The molecule has 1 unspecified atom stereocenters. The molecule has 0 saturated heterocycles. The van der Waals surface area contributed by atoms with E-state index in [0.29, 0.717) is 5.76 Å². The van der Waals surface area contributed by atoms with E-state index < -0.39 is 6.10 Å². The fourth-order valence-corrected chi connectivity index (χ4v) is 3.17. The quantitative estimate of drug-likeness (QED) is 0.906. The van der Waals surface area contributed by atoms with Crippen molar-refractivity contribution in [1.82, 2.24) is 4.90 Å². The van der Waals surface area contributed by atoms with Crippen LogP contribution in [0.1, 0.15) is 49.3 Å². The lowest BCUT2D eigenvalue weighted by Crippen LogP contribution is -2.38. The summed E-state index contributed by atoms with van der Waals surface area (Å²) >= 11 is 0. The first-order chi connectivity index (χ1) is 10.2. The van der Waals surface area contributed by atoms with Crippen LogP contribution in [0.5, 0.6) is 0 Å². The first-order valence-electron chi connectivity index (χ1n) is 7.60. The molecule has 0 aliphatic heterocycles. The molecule has 112 valence electrons. The molecule has 1 N–H and O–H groups in total. The van der Waals surface area contributed by atoms with Crippen LogP contribution in [0.25, 0.3) is 5.76 Å². The highest BCUT2D eigenvalue weighted by Gasteiger charge is 2.28. The molecule has 0 radical (unpaired) electrons. The van der Waals surface area contributed by atoms with Gasteiger partial charge in [0.15, 0.2) is 0 Å². The Balaban J connectivity index is 1.69. The number of fused-ring (bicyclic) bond motifs is 1. The van der Waals surface area contributed by atoms with Crippen molar-refractivity contribution in [3.05, 3.63) is 41.5 Å². The van der Waals surface area contributed by atoms with Crippen molar-refractivity contribution in [3.8, 4) is 0 Å². The number of amides is 1. The van der Waals surface area contributed by atoms with Gasteiger partial charge in [-0.2, -0.15) is 0 Å². The summed E-state index contributed by atoms with van der Waals surface area (Å²) < 4.78 is 5.51. The minimum atomic E-state index is -0.691. The Morgan fingerprint density at radius 1 is 1.24 bits per heavy atom. The first-order valence-corrected chi connectivity index (χ1v) is 7.60. The summed E-state index contributed by atoms with van der Waals surface area (Å²) in [6.45, 7) is 0. The van der Waals surface area contributed by atoms with Gasteiger partial charge >= 0.3 is 6.09 Å². The molecule has 1 saturated carbocycles. The summed E-state index contributed by atoms with van der Waals surface area (Å²) in [6.07, 6.45) is 6.26. The standard InChI is InChI=1S/C17H21NO3/c1-18(12-7-3-2-4-8-12)17(20)21-16-11-15(19)13-9-5-6-10-14(13)16/h5-6,9-12,15,19H,2-4,7-8H2,1H3. The van der Waals surface area contributed by atoms with Gasteiger partial charge in [-0.1, -0.05) is 43.5 Å². The minimum absolute atomic E-state index is 0.272. The van der Waals surface area contributed by atoms with Gasteiger partial charge in [0.1, 0.15) is 11.9 Å². The predicted molar refractivity (Wildman–Crippen MR) is 80.5 cm³/mol.